The van der Waals surface area contributed by atoms with Gasteiger partial charge in [-0.1, -0.05) is 0 Å². The van der Waals surface area contributed by atoms with Gasteiger partial charge in [-0.15, -0.1) is 0 Å². The van der Waals surface area contributed by atoms with E-state index in [2.05, 4.69) is 24.1 Å². The van der Waals surface area contributed by atoms with Gasteiger partial charge in [0.05, 0.1) is 6.54 Å². The van der Waals surface area contributed by atoms with Crippen LogP contribution in [0, 0.1) is 5.92 Å². The molecule has 0 saturated carbocycles. The molecule has 1 unspecified atom stereocenters. The summed E-state index contributed by atoms with van der Waals surface area (Å²) in [5, 5.41) is 3.25. The van der Waals surface area contributed by atoms with E-state index in [1.807, 2.05) is 0 Å². The molecular formula is C12H25N3O. The number of nitrogens with one attached hydrogen (secondary N) is 1. The highest BCUT2D eigenvalue weighted by Crippen LogP contribution is 2.17. The average Bonchev–Trinajstić information content (AvgIpc) is 2.66. The molecule has 0 aliphatic carbocycles. The van der Waals surface area contributed by atoms with Gasteiger partial charge >= 0.3 is 0 Å². The number of likely N-dealkylation sites (N-methyl/N-ethyl adjacent to an activating group) is 1. The van der Waals surface area contributed by atoms with E-state index in [1.165, 1.54) is 19.5 Å². The van der Waals surface area contributed by atoms with Crippen molar-refractivity contribution < 1.29 is 4.79 Å². The number of likely N-dealkylation sites (tertiary alicyclic amines) is 1. The Kier molecular flexibility index (Phi) is 5.22. The van der Waals surface area contributed by atoms with Crippen LogP contribution in [0.1, 0.15) is 20.3 Å². The highest BCUT2D eigenvalue weighted by molar-refractivity contribution is 5.77. The Morgan fingerprint density at radius 1 is 1.50 bits per heavy atom. The third kappa shape index (κ3) is 4.10. The van der Waals surface area contributed by atoms with Gasteiger partial charge in [0.15, 0.2) is 0 Å². The molecule has 0 radical (unpaired) electrons. The van der Waals surface area contributed by atoms with Gasteiger partial charge in [0.1, 0.15) is 0 Å². The van der Waals surface area contributed by atoms with Crippen LogP contribution in [0.5, 0.6) is 0 Å². The Morgan fingerprint density at radius 3 is 2.69 bits per heavy atom. The molecule has 1 heterocycles. The minimum atomic E-state index is 0.152. The van der Waals surface area contributed by atoms with Gasteiger partial charge < -0.3 is 15.1 Å². The van der Waals surface area contributed by atoms with Gasteiger partial charge in [-0.3, -0.25) is 4.79 Å². The van der Waals surface area contributed by atoms with Crippen LogP contribution in [0.2, 0.25) is 0 Å². The second kappa shape index (κ2) is 6.21. The fraction of sp³-hybridized carbons (Fsp3) is 0.917. The van der Waals surface area contributed by atoms with Crippen molar-refractivity contribution >= 4 is 5.91 Å². The molecule has 1 atom stereocenters. The fourth-order valence-electron chi connectivity index (χ4n) is 2.04. The third-order valence-corrected chi connectivity index (χ3v) is 3.26. The van der Waals surface area contributed by atoms with Crippen LogP contribution in [-0.4, -0.2) is 62.0 Å². The van der Waals surface area contributed by atoms with Gasteiger partial charge in [-0.25, -0.2) is 0 Å². The van der Waals surface area contributed by atoms with Crippen molar-refractivity contribution in [2.75, 3.05) is 40.3 Å². The molecule has 1 amide bonds. The Labute approximate surface area is 99.0 Å². The van der Waals surface area contributed by atoms with E-state index in [-0.39, 0.29) is 5.91 Å². The monoisotopic (exact) mass is 227 g/mol. The summed E-state index contributed by atoms with van der Waals surface area (Å²) >= 11 is 0. The summed E-state index contributed by atoms with van der Waals surface area (Å²) in [6, 6.07) is 0.647. The van der Waals surface area contributed by atoms with Crippen LogP contribution in [0.4, 0.5) is 0 Å². The topological polar surface area (TPSA) is 35.6 Å². The summed E-state index contributed by atoms with van der Waals surface area (Å²) in [6.45, 7) is 8.27. The summed E-state index contributed by atoms with van der Waals surface area (Å²) in [7, 11) is 3.58. The first-order valence-corrected chi connectivity index (χ1v) is 6.15. The molecule has 0 spiro atoms. The van der Waals surface area contributed by atoms with Crippen LogP contribution in [0.25, 0.3) is 0 Å². The molecule has 0 aromatic rings. The van der Waals surface area contributed by atoms with E-state index < -0.39 is 0 Å². The maximum atomic E-state index is 11.3. The lowest BCUT2D eigenvalue weighted by atomic mass is 10.1. The third-order valence-electron chi connectivity index (χ3n) is 3.26. The van der Waals surface area contributed by atoms with E-state index in [0.717, 1.165) is 6.54 Å². The van der Waals surface area contributed by atoms with E-state index in [1.54, 1.807) is 19.0 Å². The highest BCUT2D eigenvalue weighted by Gasteiger charge is 2.23. The van der Waals surface area contributed by atoms with Crippen LogP contribution >= 0.6 is 0 Å². The number of amides is 1. The van der Waals surface area contributed by atoms with Gasteiger partial charge in [0.25, 0.3) is 0 Å². The molecule has 16 heavy (non-hydrogen) atoms. The molecule has 0 aromatic heterocycles. The lowest BCUT2D eigenvalue weighted by Crippen LogP contribution is -2.36. The quantitative estimate of drug-likeness (QED) is 0.738. The Bertz CT molecular complexity index is 228. The van der Waals surface area contributed by atoms with Crippen molar-refractivity contribution in [2.24, 2.45) is 5.92 Å². The van der Waals surface area contributed by atoms with E-state index in [4.69, 9.17) is 0 Å². The first-order chi connectivity index (χ1) is 7.50. The first kappa shape index (κ1) is 13.5. The Hall–Kier alpha value is -0.610. The number of carbonyl (C=O) groups excluding carboxylic acids is 1. The summed E-state index contributed by atoms with van der Waals surface area (Å²) in [5.74, 6) is 0.857. The first-order valence-electron chi connectivity index (χ1n) is 6.15. The van der Waals surface area contributed by atoms with Crippen molar-refractivity contribution in [1.82, 2.24) is 15.1 Å². The zero-order valence-electron chi connectivity index (χ0n) is 11.0. The van der Waals surface area contributed by atoms with Crippen molar-refractivity contribution in [2.45, 2.75) is 26.3 Å². The molecule has 1 rings (SSSR count). The number of nitrogens with zero attached hydrogens (tertiary/aromatic N) is 2. The number of rotatable bonds is 5. The van der Waals surface area contributed by atoms with Crippen molar-refractivity contribution in [1.29, 1.82) is 0 Å². The van der Waals surface area contributed by atoms with E-state index in [0.29, 0.717) is 18.5 Å². The Morgan fingerprint density at radius 2 is 2.19 bits per heavy atom. The summed E-state index contributed by atoms with van der Waals surface area (Å²) < 4.78 is 0. The van der Waals surface area contributed by atoms with Crippen LogP contribution in [0.15, 0.2) is 0 Å². The molecule has 1 saturated heterocycles. The minimum absolute atomic E-state index is 0.152. The molecule has 94 valence electrons. The number of carbonyl (C=O) groups is 1. The largest absolute Gasteiger partial charge is 0.348 e. The van der Waals surface area contributed by atoms with Gasteiger partial charge in [0, 0.05) is 26.7 Å². The molecule has 0 aromatic carbocycles. The second-order valence-electron chi connectivity index (χ2n) is 5.16. The zero-order valence-corrected chi connectivity index (χ0v) is 11.0. The molecule has 1 N–H and O–H groups in total. The van der Waals surface area contributed by atoms with Crippen molar-refractivity contribution in [3.63, 3.8) is 0 Å². The standard InChI is InChI=1S/C12H25N3O/c1-10(2)15-6-5-11(9-15)7-13-8-12(16)14(3)4/h10-11,13H,5-9H2,1-4H3. The van der Waals surface area contributed by atoms with Gasteiger partial charge in [-0.05, 0) is 39.3 Å². The molecule has 1 fully saturated rings. The van der Waals surface area contributed by atoms with Crippen molar-refractivity contribution in [3.05, 3.63) is 0 Å². The van der Waals surface area contributed by atoms with Crippen LogP contribution in [0.3, 0.4) is 0 Å². The van der Waals surface area contributed by atoms with Gasteiger partial charge in [-0.2, -0.15) is 0 Å². The van der Waals surface area contributed by atoms with E-state index >= 15 is 0 Å². The highest BCUT2D eigenvalue weighted by atomic mass is 16.2. The van der Waals surface area contributed by atoms with E-state index in [9.17, 15) is 4.79 Å². The average molecular weight is 227 g/mol. The maximum absolute atomic E-state index is 11.3. The van der Waals surface area contributed by atoms with Gasteiger partial charge in [0.2, 0.25) is 5.91 Å². The number of hydrogen-bond acceptors (Lipinski definition) is 3. The van der Waals surface area contributed by atoms with Crippen molar-refractivity contribution in [3.8, 4) is 0 Å². The predicted molar refractivity (Wildman–Crippen MR) is 66.4 cm³/mol. The second-order valence-corrected chi connectivity index (χ2v) is 5.16. The predicted octanol–water partition coefficient (Wildman–Crippen LogP) is 0.395. The summed E-state index contributed by atoms with van der Waals surface area (Å²) in [4.78, 5) is 15.5. The normalized spacial score (nSPS) is 21.7. The molecule has 4 nitrogen and oxygen atoms in total. The SMILES string of the molecule is CC(C)N1CCC(CNCC(=O)N(C)C)C1. The molecule has 1 aliphatic rings. The number of hydrogen-bond donors (Lipinski definition) is 1. The maximum Gasteiger partial charge on any atom is 0.236 e. The fourth-order valence-corrected chi connectivity index (χ4v) is 2.04. The Balaban J connectivity index is 2.13. The zero-order chi connectivity index (χ0) is 12.1. The molecule has 4 heteroatoms. The van der Waals surface area contributed by atoms with Crippen LogP contribution in [-0.2, 0) is 4.79 Å². The lowest BCUT2D eigenvalue weighted by molar-refractivity contribution is -0.127. The van der Waals surface area contributed by atoms with Crippen LogP contribution < -0.4 is 5.32 Å². The molecular weight excluding hydrogens is 202 g/mol. The summed E-state index contributed by atoms with van der Waals surface area (Å²) in [5.41, 5.74) is 0. The summed E-state index contributed by atoms with van der Waals surface area (Å²) in [6.07, 6.45) is 1.25. The smallest absolute Gasteiger partial charge is 0.236 e. The molecule has 1 aliphatic heterocycles. The molecule has 0 bridgehead atoms. The lowest BCUT2D eigenvalue weighted by Gasteiger charge is -2.20. The minimum Gasteiger partial charge on any atom is -0.348 e.